The van der Waals surface area contributed by atoms with E-state index in [4.69, 9.17) is 5.73 Å². The van der Waals surface area contributed by atoms with Gasteiger partial charge in [-0.2, -0.15) is 4.31 Å². The van der Waals surface area contributed by atoms with Crippen LogP contribution in [0.25, 0.3) is 0 Å². The van der Waals surface area contributed by atoms with Crippen LogP contribution in [0.5, 0.6) is 0 Å². The molecule has 0 unspecified atom stereocenters. The molecular formula is C14H25N5O2S. The normalized spacial score (nSPS) is 28.4. The largest absolute Gasteiger partial charge is 0.340 e. The van der Waals surface area contributed by atoms with E-state index >= 15 is 0 Å². The van der Waals surface area contributed by atoms with Crippen molar-refractivity contribution in [1.82, 2.24) is 18.8 Å². The Morgan fingerprint density at radius 2 is 2.09 bits per heavy atom. The van der Waals surface area contributed by atoms with Gasteiger partial charge in [0.25, 0.3) is 0 Å². The first-order chi connectivity index (χ1) is 10.2. The minimum absolute atomic E-state index is 0.0227. The van der Waals surface area contributed by atoms with E-state index in [1.165, 1.54) is 0 Å². The van der Waals surface area contributed by atoms with Crippen LogP contribution in [0.15, 0.2) is 12.5 Å². The number of hydrogen-bond donors (Lipinski definition) is 1. The zero-order valence-electron chi connectivity index (χ0n) is 13.4. The van der Waals surface area contributed by atoms with Gasteiger partial charge in [-0.1, -0.05) is 0 Å². The van der Waals surface area contributed by atoms with Gasteiger partial charge in [0.2, 0.25) is 10.0 Å². The number of nitrogens with zero attached hydrogens (tertiary/aromatic N) is 4. The fourth-order valence-corrected chi connectivity index (χ4v) is 5.45. The average Bonchev–Trinajstić information content (AvgIpc) is 2.89. The third-order valence-electron chi connectivity index (χ3n) is 5.06. The van der Waals surface area contributed by atoms with Crippen LogP contribution in [0.1, 0.15) is 24.5 Å². The lowest BCUT2D eigenvalue weighted by Crippen LogP contribution is -2.43. The van der Waals surface area contributed by atoms with Crippen molar-refractivity contribution in [2.45, 2.75) is 30.3 Å². The van der Waals surface area contributed by atoms with Crippen LogP contribution in [0.3, 0.4) is 0 Å². The van der Waals surface area contributed by atoms with E-state index in [1.54, 1.807) is 10.6 Å². The molecule has 0 radical (unpaired) electrons. The smallest absolute Gasteiger partial charge is 0.216 e. The highest BCUT2D eigenvalue weighted by atomic mass is 32.2. The fraction of sp³-hybridized carbons (Fsp3) is 0.786. The number of hydrogen-bond acceptors (Lipinski definition) is 5. The van der Waals surface area contributed by atoms with E-state index in [0.717, 1.165) is 18.5 Å². The van der Waals surface area contributed by atoms with Gasteiger partial charge in [0.15, 0.2) is 0 Å². The van der Waals surface area contributed by atoms with E-state index in [9.17, 15) is 8.42 Å². The molecule has 0 aromatic carbocycles. The summed E-state index contributed by atoms with van der Waals surface area (Å²) in [7, 11) is 2.52. The molecule has 0 bridgehead atoms. The first kappa shape index (κ1) is 15.9. The summed E-state index contributed by atoms with van der Waals surface area (Å²) >= 11 is 0. The third kappa shape index (κ3) is 2.80. The summed E-state index contributed by atoms with van der Waals surface area (Å²) < 4.78 is 28.9. The van der Waals surface area contributed by atoms with Crippen molar-refractivity contribution in [3.8, 4) is 0 Å². The second kappa shape index (κ2) is 5.30. The Bertz CT molecular complexity index is 650. The molecule has 8 heteroatoms. The Morgan fingerprint density at radius 1 is 1.41 bits per heavy atom. The summed E-state index contributed by atoms with van der Waals surface area (Å²) in [6.45, 7) is 0.817. The SMILES string of the molecule is CN(C)C1(CS(=O)(=O)N2C[C@@H](N)[C@H](c3cn(C)cn3)C2)CC1. The third-order valence-corrected chi connectivity index (χ3v) is 7.04. The Labute approximate surface area is 132 Å². The first-order valence-electron chi connectivity index (χ1n) is 7.62. The Balaban J connectivity index is 1.73. The molecule has 1 saturated carbocycles. The number of nitrogens with two attached hydrogens (primary N) is 1. The van der Waals surface area contributed by atoms with Crippen LogP contribution in [0, 0.1) is 0 Å². The summed E-state index contributed by atoms with van der Waals surface area (Å²) in [6.07, 6.45) is 5.54. The molecule has 3 rings (SSSR count). The summed E-state index contributed by atoms with van der Waals surface area (Å²) in [6, 6.07) is -0.195. The average molecular weight is 327 g/mol. The molecule has 124 valence electrons. The zero-order valence-corrected chi connectivity index (χ0v) is 14.3. The van der Waals surface area contributed by atoms with E-state index in [1.807, 2.05) is 36.8 Å². The van der Waals surface area contributed by atoms with Gasteiger partial charge in [0.1, 0.15) is 0 Å². The Kier molecular flexibility index (Phi) is 3.83. The molecule has 22 heavy (non-hydrogen) atoms. The fourth-order valence-electron chi connectivity index (χ4n) is 3.25. The summed E-state index contributed by atoms with van der Waals surface area (Å²) in [4.78, 5) is 6.37. The first-order valence-corrected chi connectivity index (χ1v) is 9.23. The highest BCUT2D eigenvalue weighted by molar-refractivity contribution is 7.89. The minimum atomic E-state index is -3.29. The van der Waals surface area contributed by atoms with Gasteiger partial charge in [-0.25, -0.2) is 13.4 Å². The Morgan fingerprint density at radius 3 is 2.59 bits per heavy atom. The molecule has 1 aromatic heterocycles. The quantitative estimate of drug-likeness (QED) is 0.793. The van der Waals surface area contributed by atoms with Crippen LogP contribution in [-0.2, 0) is 17.1 Å². The van der Waals surface area contributed by atoms with E-state index < -0.39 is 10.0 Å². The number of rotatable bonds is 5. The number of aryl methyl sites for hydroxylation is 1. The second-order valence-corrected chi connectivity index (χ2v) is 8.90. The molecule has 2 atom stereocenters. The standard InChI is InChI=1S/C14H25N5O2S/c1-17(2)14(4-5-14)9-22(20,21)19-6-11(12(15)7-19)13-8-18(3)10-16-13/h8,10-12H,4-7,9,15H2,1-3H3/t11-,12-/m1/s1. The predicted molar refractivity (Wildman–Crippen MR) is 84.9 cm³/mol. The molecule has 1 aromatic rings. The lowest BCUT2D eigenvalue weighted by molar-refractivity contribution is 0.291. The van der Waals surface area contributed by atoms with Crippen molar-refractivity contribution in [3.63, 3.8) is 0 Å². The van der Waals surface area contributed by atoms with Crippen molar-refractivity contribution in [1.29, 1.82) is 0 Å². The van der Waals surface area contributed by atoms with Crippen molar-refractivity contribution in [2.75, 3.05) is 32.9 Å². The molecule has 2 fully saturated rings. The van der Waals surface area contributed by atoms with E-state index in [-0.39, 0.29) is 23.3 Å². The molecule has 0 amide bonds. The van der Waals surface area contributed by atoms with Crippen molar-refractivity contribution >= 4 is 10.0 Å². The van der Waals surface area contributed by atoms with Gasteiger partial charge in [-0.05, 0) is 26.9 Å². The molecule has 2 heterocycles. The molecule has 0 spiro atoms. The van der Waals surface area contributed by atoms with E-state index in [0.29, 0.717) is 13.1 Å². The molecule has 2 aliphatic rings. The Hall–Kier alpha value is -0.960. The van der Waals surface area contributed by atoms with Gasteiger partial charge in [-0.15, -0.1) is 0 Å². The topological polar surface area (TPSA) is 84.5 Å². The minimum Gasteiger partial charge on any atom is -0.340 e. The maximum atomic E-state index is 12.7. The van der Waals surface area contributed by atoms with E-state index in [2.05, 4.69) is 4.98 Å². The molecule has 7 nitrogen and oxygen atoms in total. The van der Waals surface area contributed by atoms with Crippen molar-refractivity contribution < 1.29 is 8.42 Å². The highest BCUT2D eigenvalue weighted by Gasteiger charge is 2.50. The predicted octanol–water partition coefficient (Wildman–Crippen LogP) is -0.429. The summed E-state index contributed by atoms with van der Waals surface area (Å²) in [5.74, 6) is 0.166. The van der Waals surface area contributed by atoms with Gasteiger partial charge in [-0.3, -0.25) is 0 Å². The summed E-state index contributed by atoms with van der Waals surface area (Å²) in [5.41, 5.74) is 6.88. The summed E-state index contributed by atoms with van der Waals surface area (Å²) in [5, 5.41) is 0. The van der Waals surface area contributed by atoms with Gasteiger partial charge >= 0.3 is 0 Å². The van der Waals surface area contributed by atoms with Crippen LogP contribution in [0.2, 0.25) is 0 Å². The van der Waals surface area contributed by atoms with Crippen LogP contribution < -0.4 is 5.73 Å². The highest BCUT2D eigenvalue weighted by Crippen LogP contribution is 2.42. The number of sulfonamides is 1. The molecule has 1 aliphatic heterocycles. The van der Waals surface area contributed by atoms with Crippen LogP contribution in [-0.4, -0.2) is 71.7 Å². The molecular weight excluding hydrogens is 302 g/mol. The molecule has 1 saturated heterocycles. The molecule has 1 aliphatic carbocycles. The zero-order chi connectivity index (χ0) is 16.1. The second-order valence-electron chi connectivity index (χ2n) is 6.93. The molecule has 2 N–H and O–H groups in total. The van der Waals surface area contributed by atoms with Crippen LogP contribution >= 0.6 is 0 Å². The lowest BCUT2D eigenvalue weighted by Gasteiger charge is -2.26. The van der Waals surface area contributed by atoms with Crippen LogP contribution in [0.4, 0.5) is 0 Å². The maximum absolute atomic E-state index is 12.7. The van der Waals surface area contributed by atoms with Crippen molar-refractivity contribution in [2.24, 2.45) is 12.8 Å². The van der Waals surface area contributed by atoms with Gasteiger partial charge < -0.3 is 15.2 Å². The monoisotopic (exact) mass is 327 g/mol. The van der Waals surface area contributed by atoms with Gasteiger partial charge in [0.05, 0.1) is 17.8 Å². The number of imidazole rings is 1. The number of aromatic nitrogens is 2. The van der Waals surface area contributed by atoms with Crippen molar-refractivity contribution in [3.05, 3.63) is 18.2 Å². The lowest BCUT2D eigenvalue weighted by atomic mass is 10.0. The van der Waals surface area contributed by atoms with Gasteiger partial charge in [0, 0.05) is 43.8 Å². The maximum Gasteiger partial charge on any atom is 0.216 e.